The monoisotopic (exact) mass is 666 g/mol. The van der Waals surface area contributed by atoms with E-state index >= 15 is 0 Å². The van der Waals surface area contributed by atoms with E-state index in [-0.39, 0.29) is 23.8 Å². The summed E-state index contributed by atoms with van der Waals surface area (Å²) in [5.74, 6) is -0.160. The van der Waals surface area contributed by atoms with Crippen LogP contribution >= 0.6 is 0 Å². The molecule has 12 heteroatoms. The molecule has 5 rings (SSSR count). The van der Waals surface area contributed by atoms with Crippen molar-refractivity contribution in [1.82, 2.24) is 5.32 Å². The van der Waals surface area contributed by atoms with Gasteiger partial charge in [0.05, 0.1) is 29.9 Å². The second-order valence-electron chi connectivity index (χ2n) is 11.0. The van der Waals surface area contributed by atoms with Crippen molar-refractivity contribution < 1.29 is 40.7 Å². The third kappa shape index (κ3) is 7.94. The number of methoxy groups -OCH3 is 1. The average molecular weight is 667 g/mol. The maximum atomic E-state index is 14.0. The van der Waals surface area contributed by atoms with Gasteiger partial charge in [0.2, 0.25) is 5.91 Å². The fourth-order valence-electron chi connectivity index (χ4n) is 5.38. The zero-order chi connectivity index (χ0) is 33.6. The van der Waals surface area contributed by atoms with Crippen LogP contribution in [0.15, 0.2) is 102 Å². The molecule has 0 saturated heterocycles. The van der Waals surface area contributed by atoms with E-state index < -0.39 is 33.7 Å². The molecule has 1 aliphatic rings. The zero-order valence-corrected chi connectivity index (χ0v) is 26.3. The molecule has 4 aromatic carbocycles. The molecule has 0 radical (unpaired) electrons. The van der Waals surface area contributed by atoms with Gasteiger partial charge in [0.15, 0.2) is 0 Å². The van der Waals surface area contributed by atoms with E-state index in [0.29, 0.717) is 54.0 Å². The molecule has 0 spiro atoms. The fraction of sp³-hybridized carbons (Fsp3) is 0.257. The first-order valence-electron chi connectivity index (χ1n) is 14.9. The molecule has 1 heterocycles. The fourth-order valence-corrected chi connectivity index (χ4v) is 7.03. The van der Waals surface area contributed by atoms with Crippen LogP contribution in [-0.2, 0) is 43.5 Å². The van der Waals surface area contributed by atoms with Crippen LogP contribution < -0.4 is 14.4 Å². The Balaban J connectivity index is 1.29. The predicted molar refractivity (Wildman–Crippen MR) is 170 cm³/mol. The first kappa shape index (κ1) is 33.5. The summed E-state index contributed by atoms with van der Waals surface area (Å²) in [5, 5.41) is 2.86. The molecule has 0 unspecified atom stereocenters. The van der Waals surface area contributed by atoms with Crippen LogP contribution in [0.2, 0.25) is 0 Å². The van der Waals surface area contributed by atoms with Crippen LogP contribution in [0.3, 0.4) is 0 Å². The highest BCUT2D eigenvalue weighted by Gasteiger charge is 2.42. The van der Waals surface area contributed by atoms with Crippen molar-refractivity contribution >= 4 is 27.6 Å². The summed E-state index contributed by atoms with van der Waals surface area (Å²) in [6.07, 6.45) is -2.74. The molecule has 0 aliphatic carbocycles. The molecule has 1 N–H and O–H groups in total. The number of ether oxygens (including phenoxy) is 2. The summed E-state index contributed by atoms with van der Waals surface area (Å²) in [5.41, 5.74) is 1.73. The number of carbonyl (C=O) groups is 2. The van der Waals surface area contributed by atoms with Gasteiger partial charge in [-0.25, -0.2) is 8.42 Å². The second-order valence-corrected chi connectivity index (χ2v) is 12.8. The summed E-state index contributed by atoms with van der Waals surface area (Å²) >= 11 is 0. The first-order valence-corrected chi connectivity index (χ1v) is 16.4. The minimum atomic E-state index is -4.51. The number of hydrogen-bond donors (Lipinski definition) is 1. The lowest BCUT2D eigenvalue weighted by Gasteiger charge is -2.26. The van der Waals surface area contributed by atoms with E-state index in [2.05, 4.69) is 10.1 Å². The highest BCUT2D eigenvalue weighted by Crippen LogP contribution is 2.38. The molecular formula is C35H33F3N2O6S. The van der Waals surface area contributed by atoms with Gasteiger partial charge in [-0.3, -0.25) is 13.9 Å². The van der Waals surface area contributed by atoms with Crippen molar-refractivity contribution in [1.29, 1.82) is 0 Å². The number of sulfonamides is 1. The van der Waals surface area contributed by atoms with E-state index in [9.17, 15) is 31.2 Å². The van der Waals surface area contributed by atoms with Crippen molar-refractivity contribution in [3.05, 3.63) is 114 Å². The number of esters is 1. The molecule has 1 atom stereocenters. The Labute approximate surface area is 271 Å². The standard InChI is InChI=1S/C35H33F3N2O6S/c1-45-33(41)14-4-5-19-46-29-12-6-8-24(20-29)23-39-34(42)32-22-27-9-2-3-13-31(27)40(32)47(43,44)30-17-15-25(16-18-30)26-10-7-11-28(21-26)35(36,37)38/h2-3,6-13,15-18,20-21,32H,4-5,14,19,22-23H2,1H3,(H,39,42)/t32-/m0/s1. The van der Waals surface area contributed by atoms with Crippen molar-refractivity contribution in [3.63, 3.8) is 0 Å². The minimum Gasteiger partial charge on any atom is -0.494 e. The van der Waals surface area contributed by atoms with Gasteiger partial charge in [0, 0.05) is 19.4 Å². The lowest BCUT2D eigenvalue weighted by molar-refractivity contribution is -0.141. The molecule has 0 saturated carbocycles. The number of halogens is 3. The molecular weight excluding hydrogens is 633 g/mol. The first-order chi connectivity index (χ1) is 22.5. The lowest BCUT2D eigenvalue weighted by atomic mass is 10.0. The Bertz CT molecular complexity index is 1840. The van der Waals surface area contributed by atoms with Gasteiger partial charge in [-0.2, -0.15) is 13.2 Å². The third-order valence-electron chi connectivity index (χ3n) is 7.80. The topological polar surface area (TPSA) is 102 Å². The summed E-state index contributed by atoms with van der Waals surface area (Å²) in [7, 11) is -2.90. The summed E-state index contributed by atoms with van der Waals surface area (Å²) < 4.78 is 79.3. The number of para-hydroxylation sites is 1. The van der Waals surface area contributed by atoms with Crippen LogP contribution in [0, 0.1) is 0 Å². The molecule has 8 nitrogen and oxygen atoms in total. The van der Waals surface area contributed by atoms with Crippen LogP contribution in [0.5, 0.6) is 5.75 Å². The van der Waals surface area contributed by atoms with Crippen LogP contribution in [0.25, 0.3) is 11.1 Å². The van der Waals surface area contributed by atoms with E-state index in [0.717, 1.165) is 22.0 Å². The van der Waals surface area contributed by atoms with Crippen LogP contribution in [0.1, 0.15) is 36.0 Å². The molecule has 1 aliphatic heterocycles. The van der Waals surface area contributed by atoms with Crippen LogP contribution in [-0.4, -0.2) is 40.1 Å². The smallest absolute Gasteiger partial charge is 0.416 e. The van der Waals surface area contributed by atoms with E-state index in [1.807, 2.05) is 6.07 Å². The van der Waals surface area contributed by atoms with Gasteiger partial charge in [-0.1, -0.05) is 54.6 Å². The number of nitrogens with zero attached hydrogens (tertiary/aromatic N) is 1. The number of alkyl halides is 3. The van der Waals surface area contributed by atoms with Crippen LogP contribution in [0.4, 0.5) is 18.9 Å². The molecule has 47 heavy (non-hydrogen) atoms. The zero-order valence-electron chi connectivity index (χ0n) is 25.5. The quantitative estimate of drug-likeness (QED) is 0.136. The normalized spacial score (nSPS) is 14.4. The number of carbonyl (C=O) groups excluding carboxylic acids is 2. The Kier molecular flexibility index (Phi) is 10.2. The van der Waals surface area contributed by atoms with Gasteiger partial charge in [0.1, 0.15) is 11.8 Å². The van der Waals surface area contributed by atoms with Gasteiger partial charge in [0.25, 0.3) is 10.0 Å². The summed E-state index contributed by atoms with van der Waals surface area (Å²) in [6, 6.07) is 23.4. The number of hydrogen-bond acceptors (Lipinski definition) is 6. The van der Waals surface area contributed by atoms with Gasteiger partial charge in [-0.15, -0.1) is 0 Å². The number of benzene rings is 4. The Morgan fingerprint density at radius 3 is 2.38 bits per heavy atom. The second kappa shape index (κ2) is 14.3. The number of fused-ring (bicyclic) bond motifs is 1. The summed E-state index contributed by atoms with van der Waals surface area (Å²) in [4.78, 5) is 24.7. The minimum absolute atomic E-state index is 0.0980. The SMILES string of the molecule is COC(=O)CCCCOc1cccc(CNC(=O)[C@@H]2Cc3ccccc3N2S(=O)(=O)c2ccc(-c3cccc(C(F)(F)F)c3)cc2)c1. The molecule has 0 bridgehead atoms. The molecule has 246 valence electrons. The van der Waals surface area contributed by atoms with Crippen molar-refractivity contribution in [3.8, 4) is 16.9 Å². The Morgan fingerprint density at radius 1 is 0.894 bits per heavy atom. The number of unbranched alkanes of at least 4 members (excludes halogenated alkanes) is 1. The highest BCUT2D eigenvalue weighted by atomic mass is 32.2. The number of anilines is 1. The Morgan fingerprint density at radius 2 is 1.64 bits per heavy atom. The lowest BCUT2D eigenvalue weighted by Crippen LogP contribution is -2.47. The average Bonchev–Trinajstić information content (AvgIpc) is 3.48. The molecule has 0 aromatic heterocycles. The van der Waals surface area contributed by atoms with E-state index in [4.69, 9.17) is 4.74 Å². The number of nitrogens with one attached hydrogen (secondary N) is 1. The van der Waals surface area contributed by atoms with Gasteiger partial charge < -0.3 is 14.8 Å². The molecule has 1 amide bonds. The van der Waals surface area contributed by atoms with E-state index in [1.165, 1.54) is 43.5 Å². The largest absolute Gasteiger partial charge is 0.494 e. The van der Waals surface area contributed by atoms with Crippen molar-refractivity contribution in [2.75, 3.05) is 18.0 Å². The predicted octanol–water partition coefficient (Wildman–Crippen LogP) is 6.53. The Hall–Kier alpha value is -4.84. The maximum Gasteiger partial charge on any atom is 0.416 e. The third-order valence-corrected chi connectivity index (χ3v) is 9.64. The van der Waals surface area contributed by atoms with Crippen molar-refractivity contribution in [2.45, 2.75) is 49.3 Å². The highest BCUT2D eigenvalue weighted by molar-refractivity contribution is 7.93. The summed E-state index contributed by atoms with van der Waals surface area (Å²) in [6.45, 7) is 0.533. The number of amides is 1. The number of rotatable bonds is 12. The van der Waals surface area contributed by atoms with E-state index in [1.54, 1.807) is 42.5 Å². The van der Waals surface area contributed by atoms with Gasteiger partial charge in [-0.05, 0) is 77.6 Å². The maximum absolute atomic E-state index is 14.0. The van der Waals surface area contributed by atoms with Crippen molar-refractivity contribution in [2.24, 2.45) is 0 Å². The molecule has 0 fully saturated rings. The van der Waals surface area contributed by atoms with Gasteiger partial charge >= 0.3 is 12.1 Å². The molecule has 4 aromatic rings.